The van der Waals surface area contributed by atoms with Crippen molar-refractivity contribution < 1.29 is 74.9 Å². The Balaban J connectivity index is 0.000000151. The van der Waals surface area contributed by atoms with E-state index in [0.29, 0.717) is 74.7 Å². The number of cyclic esters (lactones) is 1. The van der Waals surface area contributed by atoms with Crippen LogP contribution in [0, 0.1) is 74.9 Å². The van der Waals surface area contributed by atoms with E-state index in [1.165, 1.54) is 38.5 Å². The summed E-state index contributed by atoms with van der Waals surface area (Å²) in [5.41, 5.74) is -3.02. The maximum Gasteiger partial charge on any atom is 0.347 e. The fourth-order valence-electron chi connectivity index (χ4n) is 15.0. The summed E-state index contributed by atoms with van der Waals surface area (Å²) in [6.07, 6.45) is 15.1. The molecule has 2 saturated heterocycles. The summed E-state index contributed by atoms with van der Waals surface area (Å²) >= 11 is 0. The Bertz CT molecular complexity index is 2270. The lowest BCUT2D eigenvalue weighted by molar-refractivity contribution is -0.231. The lowest BCUT2D eigenvalue weighted by atomic mass is 9.47. The summed E-state index contributed by atoms with van der Waals surface area (Å²) in [5, 5.41) is 10.2. The molecule has 10 bridgehead atoms. The summed E-state index contributed by atoms with van der Waals surface area (Å²) in [6, 6.07) is 0. The molecular weight excluding hydrogens is 1010 g/mol. The molecule has 0 radical (unpaired) electrons. The van der Waals surface area contributed by atoms with Crippen molar-refractivity contribution in [3.05, 3.63) is 0 Å². The molecular formula is C60H96O16S. The molecule has 0 aromatic carbocycles. The van der Waals surface area contributed by atoms with Gasteiger partial charge in [-0.05, 0) is 200 Å². The molecule has 8 unspecified atom stereocenters. The van der Waals surface area contributed by atoms with Crippen molar-refractivity contribution in [1.82, 2.24) is 0 Å². The highest BCUT2D eigenvalue weighted by molar-refractivity contribution is 7.87. The van der Waals surface area contributed by atoms with Crippen LogP contribution in [0.25, 0.3) is 0 Å². The number of fused-ring (bicyclic) bond motifs is 1. The maximum atomic E-state index is 12.8. The summed E-state index contributed by atoms with van der Waals surface area (Å²) in [6.45, 7) is 27.4. The van der Waals surface area contributed by atoms with Gasteiger partial charge in [0.1, 0.15) is 23.4 Å². The van der Waals surface area contributed by atoms with Gasteiger partial charge in [0, 0.05) is 24.7 Å². The average molecular weight is 1110 g/mol. The van der Waals surface area contributed by atoms with Gasteiger partial charge < -0.3 is 33.5 Å². The zero-order chi connectivity index (χ0) is 57.1. The van der Waals surface area contributed by atoms with Gasteiger partial charge in [-0.15, -0.1) is 0 Å². The van der Waals surface area contributed by atoms with Crippen LogP contribution >= 0.6 is 0 Å². The Hall–Kier alpha value is -3.31. The summed E-state index contributed by atoms with van der Waals surface area (Å²) in [5.74, 6) is 2.63. The predicted molar refractivity (Wildman–Crippen MR) is 286 cm³/mol. The largest absolute Gasteiger partial charge is 0.463 e. The summed E-state index contributed by atoms with van der Waals surface area (Å²) in [7, 11) is -3.53. The van der Waals surface area contributed by atoms with E-state index in [1.54, 1.807) is 27.7 Å². The van der Waals surface area contributed by atoms with Crippen LogP contribution in [0.3, 0.4) is 0 Å². The first kappa shape index (κ1) is 61.3. The molecule has 438 valence electrons. The molecule has 0 amide bonds. The average Bonchev–Trinajstić information content (AvgIpc) is 4.09. The third-order valence-electron chi connectivity index (χ3n) is 20.8. The van der Waals surface area contributed by atoms with Gasteiger partial charge >= 0.3 is 35.8 Å². The van der Waals surface area contributed by atoms with Crippen LogP contribution in [-0.4, -0.2) is 103 Å². The van der Waals surface area contributed by atoms with Gasteiger partial charge in [0.2, 0.25) is 6.10 Å². The molecule has 77 heavy (non-hydrogen) atoms. The molecule has 10 aliphatic carbocycles. The molecule has 2 heterocycles. The van der Waals surface area contributed by atoms with Crippen molar-refractivity contribution in [3.8, 4) is 0 Å². The van der Waals surface area contributed by atoms with Crippen LogP contribution in [0.5, 0.6) is 0 Å². The van der Waals surface area contributed by atoms with E-state index in [9.17, 15) is 42.3 Å². The third-order valence-corrected chi connectivity index (χ3v) is 22.5. The smallest absolute Gasteiger partial charge is 0.347 e. The van der Waals surface area contributed by atoms with Gasteiger partial charge in [0.05, 0.1) is 39.1 Å². The number of hydrogen-bond acceptors (Lipinski definition) is 16. The second-order valence-corrected chi connectivity index (χ2v) is 30.1. The van der Waals surface area contributed by atoms with Crippen LogP contribution in [0.2, 0.25) is 0 Å². The monoisotopic (exact) mass is 1100 g/mol. The standard InChI is InChI=1S/C19H32O2.C16H26O3.C15H22O7S.C10H16O4/c1-6-18(4,5)17(20)21-19(12(2)3)15-8-13-7-14(10-15)11-16(19)9-13;1-4-14(2,3)13(17)19-16-8-11-5-12(9-16)7-15(18,6-11)10-16;1-4-15(2,3)14(17)20-7-11(16)21-12-8-5-9-10(6-8)23(18,19)22-13(9)12;1-4-10(2,3)9(12)14-7-5-6-13-8(7)11/h12-16H,6-11H2,1-5H3;11-12,18H,4-10H2,1-3H3;8-10,12-13H,4-7H2,1-3H3;7H,4-6H2,1-3H3. The Kier molecular flexibility index (Phi) is 18.0. The highest BCUT2D eigenvalue weighted by Crippen LogP contribution is 2.63. The number of hydrogen-bond donors (Lipinski definition) is 1. The van der Waals surface area contributed by atoms with E-state index in [4.69, 9.17) is 32.6 Å². The Labute approximate surface area is 460 Å². The molecule has 0 spiro atoms. The molecule has 0 aromatic rings. The number of esters is 6. The molecule has 16 nitrogen and oxygen atoms in total. The van der Waals surface area contributed by atoms with Gasteiger partial charge in [0.25, 0.3) is 10.1 Å². The normalized spacial score (nSPS) is 37.3. The van der Waals surface area contributed by atoms with E-state index < -0.39 is 80.0 Å². The van der Waals surface area contributed by atoms with Crippen LogP contribution < -0.4 is 0 Å². The van der Waals surface area contributed by atoms with Gasteiger partial charge in [-0.1, -0.05) is 41.5 Å². The Morgan fingerprint density at radius 2 is 1.14 bits per heavy atom. The zero-order valence-electron chi connectivity index (χ0n) is 49.1. The van der Waals surface area contributed by atoms with E-state index in [0.717, 1.165) is 50.4 Å². The number of carbonyl (C=O) groups excluding carboxylic acids is 6. The van der Waals surface area contributed by atoms with Crippen LogP contribution in [-0.2, 0) is 71.5 Å². The maximum absolute atomic E-state index is 12.8. The fraction of sp³-hybridized carbons (Fsp3) is 0.900. The SMILES string of the molecule is CCC(C)(C)C(=O)OC1(C(C)C)C2CC3CC(C2)CC1C3.CCC(C)(C)C(=O)OC12CC3CC(CC(O)(C3)C1)C2.CCC(C)(C)C(=O)OC1CCOC1=O.CCC(C)(C)C(=O)OCC(=O)OC1C2CC3C1OS(=O)(=O)C3C2. The lowest BCUT2D eigenvalue weighted by Gasteiger charge is -2.62. The van der Waals surface area contributed by atoms with E-state index in [-0.39, 0.29) is 46.4 Å². The number of aliphatic hydroxyl groups is 1. The minimum Gasteiger partial charge on any atom is -0.463 e. The second kappa shape index (κ2) is 22.6. The summed E-state index contributed by atoms with van der Waals surface area (Å²) < 4.78 is 61.3. The summed E-state index contributed by atoms with van der Waals surface area (Å²) in [4.78, 5) is 71.5. The van der Waals surface area contributed by atoms with Crippen molar-refractivity contribution in [3.63, 3.8) is 0 Å². The Morgan fingerprint density at radius 3 is 1.62 bits per heavy atom. The first-order valence-corrected chi connectivity index (χ1v) is 31.0. The van der Waals surface area contributed by atoms with E-state index >= 15 is 0 Å². The minimum absolute atomic E-state index is 0.0130. The van der Waals surface area contributed by atoms with Gasteiger partial charge in [-0.3, -0.25) is 23.4 Å². The topological polar surface area (TPSA) is 221 Å². The molecule has 10 saturated carbocycles. The van der Waals surface area contributed by atoms with Crippen molar-refractivity contribution in [2.75, 3.05) is 13.2 Å². The number of carbonyl (C=O) groups is 6. The second-order valence-electron chi connectivity index (χ2n) is 28.3. The Morgan fingerprint density at radius 1 is 0.649 bits per heavy atom. The zero-order valence-corrected chi connectivity index (χ0v) is 49.9. The highest BCUT2D eigenvalue weighted by Gasteiger charge is 2.66. The molecule has 0 aromatic heterocycles. The molecule has 2 aliphatic heterocycles. The van der Waals surface area contributed by atoms with Crippen molar-refractivity contribution >= 4 is 45.9 Å². The lowest BCUT2D eigenvalue weighted by Crippen LogP contribution is -2.63. The number of ether oxygens (including phenoxy) is 6. The molecule has 12 fully saturated rings. The molecule has 12 rings (SSSR count). The first-order chi connectivity index (χ1) is 35.7. The predicted octanol–water partition coefficient (Wildman–Crippen LogP) is 10.2. The fourth-order valence-corrected chi connectivity index (χ4v) is 16.9. The van der Waals surface area contributed by atoms with Gasteiger partial charge in [-0.2, -0.15) is 8.42 Å². The van der Waals surface area contributed by atoms with Gasteiger partial charge in [0.15, 0.2) is 6.61 Å². The van der Waals surface area contributed by atoms with Crippen molar-refractivity contribution in [1.29, 1.82) is 0 Å². The first-order valence-electron chi connectivity index (χ1n) is 29.5. The minimum atomic E-state index is -3.53. The van der Waals surface area contributed by atoms with Crippen molar-refractivity contribution in [2.24, 2.45) is 74.9 Å². The third kappa shape index (κ3) is 12.8. The number of rotatable bonds is 15. The molecule has 12 aliphatic rings. The van der Waals surface area contributed by atoms with Crippen LogP contribution in [0.15, 0.2) is 0 Å². The molecule has 8 atom stereocenters. The molecule has 1 N–H and O–H groups in total. The quantitative estimate of drug-likeness (QED) is 0.0915. The van der Waals surface area contributed by atoms with E-state index in [1.807, 2.05) is 48.5 Å². The van der Waals surface area contributed by atoms with Crippen molar-refractivity contribution in [2.45, 2.75) is 253 Å². The van der Waals surface area contributed by atoms with Crippen LogP contribution in [0.1, 0.15) is 213 Å². The highest BCUT2D eigenvalue weighted by atomic mass is 32.2. The van der Waals surface area contributed by atoms with Crippen LogP contribution in [0.4, 0.5) is 0 Å². The van der Waals surface area contributed by atoms with E-state index in [2.05, 4.69) is 20.8 Å². The van der Waals surface area contributed by atoms with Gasteiger partial charge in [-0.25, -0.2) is 9.59 Å². The molecule has 17 heteroatoms.